The third-order valence-electron chi connectivity index (χ3n) is 5.00. The maximum absolute atomic E-state index is 13.1. The van der Waals surface area contributed by atoms with Crippen LogP contribution in [0.3, 0.4) is 0 Å². The normalized spacial score (nSPS) is 12.8. The lowest BCUT2D eigenvalue weighted by Gasteiger charge is -2.30. The van der Waals surface area contributed by atoms with Crippen molar-refractivity contribution in [1.29, 1.82) is 0 Å². The topological polar surface area (TPSA) is 49.4 Å². The first kappa shape index (κ1) is 24.3. The van der Waals surface area contributed by atoms with Gasteiger partial charge >= 0.3 is 0 Å². The van der Waals surface area contributed by atoms with E-state index in [-0.39, 0.29) is 17.9 Å². The number of rotatable bonds is 10. The molecule has 162 valence electrons. The average Bonchev–Trinajstić information content (AvgIpc) is 2.72. The van der Waals surface area contributed by atoms with Crippen molar-refractivity contribution in [2.24, 2.45) is 0 Å². The lowest BCUT2D eigenvalue weighted by atomic mass is 10.1. The number of hydrogen-bond donors (Lipinski definition) is 1. The average molecular weight is 447 g/mol. The van der Waals surface area contributed by atoms with Gasteiger partial charge in [0.15, 0.2) is 0 Å². The highest BCUT2D eigenvalue weighted by molar-refractivity contribution is 7.99. The molecule has 2 rings (SSSR count). The Labute approximate surface area is 189 Å². The van der Waals surface area contributed by atoms with Crippen LogP contribution in [0.5, 0.6) is 0 Å². The number of carbonyl (C=O) groups excluding carboxylic acids is 2. The second-order valence-corrected chi connectivity index (χ2v) is 9.16. The number of carbonyl (C=O) groups is 2. The summed E-state index contributed by atoms with van der Waals surface area (Å²) in [5.74, 6) is 0.505. The van der Waals surface area contributed by atoms with Crippen molar-refractivity contribution < 1.29 is 9.59 Å². The summed E-state index contributed by atoms with van der Waals surface area (Å²) < 4.78 is 0. The minimum Gasteiger partial charge on any atom is -0.352 e. The summed E-state index contributed by atoms with van der Waals surface area (Å²) >= 11 is 7.54. The maximum atomic E-state index is 13.1. The predicted molar refractivity (Wildman–Crippen MR) is 126 cm³/mol. The summed E-state index contributed by atoms with van der Waals surface area (Å²) in [6, 6.07) is 15.2. The number of benzene rings is 2. The van der Waals surface area contributed by atoms with Gasteiger partial charge in [-0.2, -0.15) is 0 Å². The number of nitrogens with one attached hydrogen (secondary N) is 1. The van der Waals surface area contributed by atoms with Crippen molar-refractivity contribution in [3.63, 3.8) is 0 Å². The zero-order valence-electron chi connectivity index (χ0n) is 18.2. The summed E-state index contributed by atoms with van der Waals surface area (Å²) in [5, 5.41) is 3.69. The number of nitrogens with zero attached hydrogens (tertiary/aromatic N) is 1. The Morgan fingerprint density at radius 2 is 1.83 bits per heavy atom. The molecule has 0 spiro atoms. The van der Waals surface area contributed by atoms with E-state index in [2.05, 4.69) is 11.4 Å². The van der Waals surface area contributed by atoms with Crippen molar-refractivity contribution in [3.05, 3.63) is 64.7 Å². The van der Waals surface area contributed by atoms with Crippen LogP contribution in [0.2, 0.25) is 5.02 Å². The van der Waals surface area contributed by atoms with Crippen molar-refractivity contribution in [2.75, 3.05) is 5.75 Å². The minimum absolute atomic E-state index is 0.0234. The predicted octanol–water partition coefficient (Wildman–Crippen LogP) is 5.46. The van der Waals surface area contributed by atoms with Gasteiger partial charge in [0.2, 0.25) is 11.8 Å². The van der Waals surface area contributed by atoms with Crippen LogP contribution in [0, 0.1) is 6.92 Å². The maximum Gasteiger partial charge on any atom is 0.242 e. The lowest BCUT2D eigenvalue weighted by molar-refractivity contribution is -0.140. The van der Waals surface area contributed by atoms with Crippen LogP contribution in [-0.4, -0.2) is 34.6 Å². The highest BCUT2D eigenvalue weighted by Gasteiger charge is 2.26. The largest absolute Gasteiger partial charge is 0.352 e. The molecule has 2 aromatic carbocycles. The van der Waals surface area contributed by atoms with Crippen LogP contribution >= 0.6 is 23.4 Å². The second kappa shape index (κ2) is 12.0. The van der Waals surface area contributed by atoms with Crippen LogP contribution in [0.4, 0.5) is 0 Å². The number of halogens is 1. The van der Waals surface area contributed by atoms with Gasteiger partial charge in [-0.05, 0) is 57.0 Å². The first-order valence-electron chi connectivity index (χ1n) is 10.3. The molecule has 4 nitrogen and oxygen atoms in total. The van der Waals surface area contributed by atoms with E-state index < -0.39 is 6.04 Å². The van der Waals surface area contributed by atoms with E-state index in [1.807, 2.05) is 63.2 Å². The summed E-state index contributed by atoms with van der Waals surface area (Å²) in [5.41, 5.74) is 2.16. The molecule has 0 aliphatic carbocycles. The molecule has 0 aliphatic heterocycles. The van der Waals surface area contributed by atoms with Gasteiger partial charge in [-0.15, -0.1) is 11.8 Å². The number of hydrogen-bond acceptors (Lipinski definition) is 3. The second-order valence-electron chi connectivity index (χ2n) is 7.56. The van der Waals surface area contributed by atoms with E-state index in [9.17, 15) is 9.59 Å². The Morgan fingerprint density at radius 3 is 2.47 bits per heavy atom. The highest BCUT2D eigenvalue weighted by atomic mass is 35.5. The molecule has 1 N–H and O–H groups in total. The summed E-state index contributed by atoms with van der Waals surface area (Å²) in [4.78, 5) is 28.6. The Bertz CT molecular complexity index is 841. The van der Waals surface area contributed by atoms with Crippen LogP contribution in [0.15, 0.2) is 53.4 Å². The van der Waals surface area contributed by atoms with E-state index in [0.717, 1.165) is 22.4 Å². The minimum atomic E-state index is -0.535. The summed E-state index contributed by atoms with van der Waals surface area (Å²) in [6.45, 7) is 8.25. The Morgan fingerprint density at radius 1 is 1.13 bits per heavy atom. The fraction of sp³-hybridized carbons (Fsp3) is 0.417. The molecule has 0 bridgehead atoms. The third-order valence-corrected chi connectivity index (χ3v) is 6.27. The van der Waals surface area contributed by atoms with Crippen LogP contribution in [0.25, 0.3) is 0 Å². The number of aryl methyl sites for hydroxylation is 1. The highest BCUT2D eigenvalue weighted by Crippen LogP contribution is 2.22. The van der Waals surface area contributed by atoms with Gasteiger partial charge < -0.3 is 10.2 Å². The molecule has 0 radical (unpaired) electrons. The Hall–Kier alpha value is -1.98. The first-order valence-corrected chi connectivity index (χ1v) is 11.7. The van der Waals surface area contributed by atoms with Gasteiger partial charge in [-0.25, -0.2) is 0 Å². The van der Waals surface area contributed by atoms with E-state index in [0.29, 0.717) is 23.7 Å². The van der Waals surface area contributed by atoms with Crippen molar-refractivity contribution in [3.8, 4) is 0 Å². The van der Waals surface area contributed by atoms with Gasteiger partial charge in [0, 0.05) is 34.7 Å². The van der Waals surface area contributed by atoms with Crippen LogP contribution < -0.4 is 5.32 Å². The molecular weight excluding hydrogens is 416 g/mol. The molecule has 0 aliphatic rings. The van der Waals surface area contributed by atoms with Crippen molar-refractivity contribution in [1.82, 2.24) is 10.2 Å². The molecule has 0 heterocycles. The fourth-order valence-electron chi connectivity index (χ4n) is 2.99. The van der Waals surface area contributed by atoms with Gasteiger partial charge in [0.1, 0.15) is 6.04 Å². The van der Waals surface area contributed by atoms with E-state index in [1.165, 1.54) is 0 Å². The van der Waals surface area contributed by atoms with Gasteiger partial charge in [-0.1, -0.05) is 48.4 Å². The smallest absolute Gasteiger partial charge is 0.242 e. The zero-order chi connectivity index (χ0) is 22.1. The summed E-state index contributed by atoms with van der Waals surface area (Å²) in [7, 11) is 0. The SMILES string of the molecule is CC[C@@H](C)NC(=O)[C@@H](C)N(Cc1cccc(C)c1)C(=O)CCSc1ccc(Cl)cc1. The molecule has 0 saturated heterocycles. The van der Waals surface area contributed by atoms with Gasteiger partial charge in [0.25, 0.3) is 0 Å². The molecule has 6 heteroatoms. The van der Waals surface area contributed by atoms with E-state index >= 15 is 0 Å². The van der Waals surface area contributed by atoms with Crippen LogP contribution in [0.1, 0.15) is 44.7 Å². The molecule has 0 saturated carbocycles. The van der Waals surface area contributed by atoms with E-state index in [1.54, 1.807) is 23.6 Å². The van der Waals surface area contributed by atoms with E-state index in [4.69, 9.17) is 11.6 Å². The number of thioether (sulfide) groups is 1. The summed E-state index contributed by atoms with van der Waals surface area (Å²) in [6.07, 6.45) is 1.21. The third kappa shape index (κ3) is 7.69. The molecule has 30 heavy (non-hydrogen) atoms. The lowest BCUT2D eigenvalue weighted by Crippen LogP contribution is -2.49. The van der Waals surface area contributed by atoms with Gasteiger partial charge in [-0.3, -0.25) is 9.59 Å². The standard InChI is InChI=1S/C24H31ClN2O2S/c1-5-18(3)26-24(29)19(4)27(16-20-8-6-7-17(2)15-20)23(28)13-14-30-22-11-9-21(25)10-12-22/h6-12,15,18-19H,5,13-14,16H2,1-4H3,(H,26,29)/t18-,19-/m1/s1. The first-order chi connectivity index (χ1) is 14.3. The quantitative estimate of drug-likeness (QED) is 0.493. The Kier molecular flexibility index (Phi) is 9.73. The molecule has 0 fully saturated rings. The number of amides is 2. The monoisotopic (exact) mass is 446 g/mol. The zero-order valence-corrected chi connectivity index (χ0v) is 19.7. The van der Waals surface area contributed by atoms with Gasteiger partial charge in [0.05, 0.1) is 0 Å². The molecule has 0 aromatic heterocycles. The molecule has 2 amide bonds. The Balaban J connectivity index is 2.07. The molecule has 2 atom stereocenters. The fourth-order valence-corrected chi connectivity index (χ4v) is 3.95. The van der Waals surface area contributed by atoms with Crippen molar-refractivity contribution >= 4 is 35.2 Å². The van der Waals surface area contributed by atoms with Crippen LogP contribution in [-0.2, 0) is 16.1 Å². The molecular formula is C24H31ClN2O2S. The molecule has 2 aromatic rings. The van der Waals surface area contributed by atoms with Crippen molar-refractivity contribution in [2.45, 2.75) is 64.1 Å². The molecule has 0 unspecified atom stereocenters.